The number of carbonyl (C=O) groups is 1. The van der Waals surface area contributed by atoms with Crippen LogP contribution in [0, 0.1) is 0 Å². The molecular weight excluding hydrogens is 319 g/mol. The smallest absolute Gasteiger partial charge is 0.390 e. The van der Waals surface area contributed by atoms with Crippen LogP contribution in [0.1, 0.15) is 71.6 Å². The Kier molecular flexibility index (Phi) is 10.1. The Hall–Kier alpha value is -1.14. The molecule has 0 saturated carbocycles. The van der Waals surface area contributed by atoms with Crippen LogP contribution in [-0.4, -0.2) is 18.3 Å². The molecule has 0 heterocycles. The minimum atomic E-state index is -5.90. The van der Waals surface area contributed by atoms with Crippen LogP contribution in [0.5, 0.6) is 0 Å². The quantitative estimate of drug-likeness (QED) is 0.194. The highest BCUT2D eigenvalue weighted by Crippen LogP contribution is 2.36. The summed E-state index contributed by atoms with van der Waals surface area (Å²) in [4.78, 5) is 11.2. The van der Waals surface area contributed by atoms with Crippen molar-refractivity contribution in [3.8, 4) is 0 Å². The van der Waals surface area contributed by atoms with Gasteiger partial charge in [-0.15, -0.1) is 0 Å². The fourth-order valence-electron chi connectivity index (χ4n) is 1.93. The molecule has 0 rings (SSSR count). The molecule has 0 aliphatic rings. The van der Waals surface area contributed by atoms with Crippen LogP contribution in [-0.2, 0) is 9.53 Å². The van der Waals surface area contributed by atoms with Crippen LogP contribution in [0.4, 0.5) is 22.0 Å². The van der Waals surface area contributed by atoms with Gasteiger partial charge in [-0.3, -0.25) is 0 Å². The van der Waals surface area contributed by atoms with E-state index >= 15 is 0 Å². The van der Waals surface area contributed by atoms with Crippen LogP contribution < -0.4 is 0 Å². The minimum Gasteiger partial charge on any atom is -0.390 e. The van der Waals surface area contributed by atoms with E-state index in [-0.39, 0.29) is 5.57 Å². The Labute approximate surface area is 134 Å². The third kappa shape index (κ3) is 9.56. The Balaban J connectivity index is 3.96. The summed E-state index contributed by atoms with van der Waals surface area (Å²) in [5, 5.41) is 0. The maximum absolute atomic E-state index is 12.6. The van der Waals surface area contributed by atoms with Gasteiger partial charge in [-0.25, -0.2) is 4.79 Å². The maximum atomic E-state index is 12.6. The molecular formula is C16H25F5O2. The first kappa shape index (κ1) is 21.9. The van der Waals surface area contributed by atoms with Gasteiger partial charge in [0.2, 0.25) is 0 Å². The van der Waals surface area contributed by atoms with Gasteiger partial charge in [-0.2, -0.15) is 22.0 Å². The summed E-state index contributed by atoms with van der Waals surface area (Å²) in [7, 11) is 0. The summed E-state index contributed by atoms with van der Waals surface area (Å²) in [5.74, 6) is -1.65. The lowest BCUT2D eigenvalue weighted by molar-refractivity contribution is -0.375. The topological polar surface area (TPSA) is 26.3 Å². The summed E-state index contributed by atoms with van der Waals surface area (Å²) in [6, 6.07) is 0. The van der Waals surface area contributed by atoms with Gasteiger partial charge in [0, 0.05) is 5.57 Å². The second-order valence-electron chi connectivity index (χ2n) is 5.55. The highest BCUT2D eigenvalue weighted by molar-refractivity contribution is 5.87. The minimum absolute atomic E-state index is 0.239. The third-order valence-corrected chi connectivity index (χ3v) is 3.38. The molecule has 0 fully saturated rings. The van der Waals surface area contributed by atoms with Crippen molar-refractivity contribution in [2.75, 3.05) is 0 Å². The maximum Gasteiger partial charge on any atom is 0.501 e. The lowest BCUT2D eigenvalue weighted by atomic mass is 10.1. The second-order valence-corrected chi connectivity index (χ2v) is 5.55. The van der Waals surface area contributed by atoms with Crippen molar-refractivity contribution in [3.63, 3.8) is 0 Å². The Bertz CT molecular complexity index is 375. The molecule has 0 aliphatic carbocycles. The molecule has 2 nitrogen and oxygen atoms in total. The molecule has 0 N–H and O–H groups in total. The number of hydrogen-bond donors (Lipinski definition) is 0. The fourth-order valence-corrected chi connectivity index (χ4v) is 1.93. The van der Waals surface area contributed by atoms with E-state index in [9.17, 15) is 26.7 Å². The van der Waals surface area contributed by atoms with Crippen LogP contribution in [0.25, 0.3) is 0 Å². The first-order valence-electron chi connectivity index (χ1n) is 7.96. The first-order chi connectivity index (χ1) is 10.6. The molecule has 0 saturated heterocycles. The zero-order valence-corrected chi connectivity index (χ0v) is 13.6. The Morgan fingerprint density at radius 3 is 1.87 bits per heavy atom. The molecule has 7 heteroatoms. The number of halogens is 5. The van der Waals surface area contributed by atoms with E-state index in [2.05, 4.69) is 11.7 Å². The van der Waals surface area contributed by atoms with Crippen molar-refractivity contribution in [3.05, 3.63) is 11.6 Å². The average Bonchev–Trinajstić information content (AvgIpc) is 2.43. The number of unbranched alkanes of at least 4 members (excludes halogenated alkanes) is 8. The van der Waals surface area contributed by atoms with E-state index in [1.807, 2.05) is 0 Å². The SMILES string of the molecule is CCCCCCCCCCC=C(C)C(=O)OC(F)(F)C(F)(F)F. The normalized spacial score (nSPS) is 13.3. The summed E-state index contributed by atoms with van der Waals surface area (Å²) in [6.45, 7) is 3.31. The fraction of sp³-hybridized carbons (Fsp3) is 0.812. The van der Waals surface area contributed by atoms with Gasteiger partial charge in [0.15, 0.2) is 0 Å². The van der Waals surface area contributed by atoms with E-state index in [1.165, 1.54) is 38.7 Å². The van der Waals surface area contributed by atoms with Crippen molar-refractivity contribution >= 4 is 5.97 Å². The molecule has 0 atom stereocenters. The molecule has 0 spiro atoms. The van der Waals surface area contributed by atoms with E-state index in [4.69, 9.17) is 0 Å². The average molecular weight is 344 g/mol. The van der Waals surface area contributed by atoms with E-state index < -0.39 is 18.3 Å². The van der Waals surface area contributed by atoms with Gasteiger partial charge in [-0.05, 0) is 19.8 Å². The molecule has 0 amide bonds. The van der Waals surface area contributed by atoms with Crippen molar-refractivity contribution in [1.29, 1.82) is 0 Å². The number of carbonyl (C=O) groups excluding carboxylic acids is 1. The molecule has 0 aromatic heterocycles. The Morgan fingerprint density at radius 2 is 1.39 bits per heavy atom. The summed E-state index contributed by atoms with van der Waals surface area (Å²) < 4.78 is 64.1. The molecule has 0 radical (unpaired) electrons. The van der Waals surface area contributed by atoms with E-state index in [0.29, 0.717) is 6.42 Å². The van der Waals surface area contributed by atoms with Gasteiger partial charge < -0.3 is 4.74 Å². The van der Waals surface area contributed by atoms with Crippen molar-refractivity contribution in [1.82, 2.24) is 0 Å². The van der Waals surface area contributed by atoms with Crippen molar-refractivity contribution < 1.29 is 31.5 Å². The van der Waals surface area contributed by atoms with Crippen LogP contribution >= 0.6 is 0 Å². The zero-order chi connectivity index (χ0) is 17.9. The number of esters is 1. The zero-order valence-electron chi connectivity index (χ0n) is 13.6. The van der Waals surface area contributed by atoms with Gasteiger partial charge in [0.05, 0.1) is 0 Å². The van der Waals surface area contributed by atoms with Gasteiger partial charge in [0.25, 0.3) is 0 Å². The number of hydrogen-bond acceptors (Lipinski definition) is 2. The van der Waals surface area contributed by atoms with Gasteiger partial charge in [-0.1, -0.05) is 57.9 Å². The van der Waals surface area contributed by atoms with Crippen molar-refractivity contribution in [2.45, 2.75) is 83.9 Å². The highest BCUT2D eigenvalue weighted by Gasteiger charge is 2.62. The lowest BCUT2D eigenvalue weighted by Gasteiger charge is -2.18. The second kappa shape index (κ2) is 10.6. The number of ether oxygens (including phenoxy) is 1. The number of allylic oxidation sites excluding steroid dienone is 1. The van der Waals surface area contributed by atoms with E-state index in [1.54, 1.807) is 0 Å². The van der Waals surface area contributed by atoms with Gasteiger partial charge in [0.1, 0.15) is 0 Å². The van der Waals surface area contributed by atoms with E-state index in [0.717, 1.165) is 25.7 Å². The Morgan fingerprint density at radius 1 is 0.913 bits per heavy atom. The highest BCUT2D eigenvalue weighted by atomic mass is 19.4. The molecule has 0 aromatic rings. The summed E-state index contributed by atoms with van der Waals surface area (Å²) in [5.41, 5.74) is -0.239. The van der Waals surface area contributed by atoms with Gasteiger partial charge >= 0.3 is 18.3 Å². The summed E-state index contributed by atoms with van der Waals surface area (Å²) >= 11 is 0. The molecule has 0 aromatic carbocycles. The molecule has 136 valence electrons. The monoisotopic (exact) mass is 344 g/mol. The first-order valence-corrected chi connectivity index (χ1v) is 7.96. The molecule has 0 aliphatic heterocycles. The molecule has 23 heavy (non-hydrogen) atoms. The summed E-state index contributed by atoms with van der Waals surface area (Å²) in [6.07, 6.45) is -0.887. The van der Waals surface area contributed by atoms with Crippen LogP contribution in [0.2, 0.25) is 0 Å². The number of rotatable bonds is 11. The standard InChI is InChI=1S/C16H25F5O2/c1-3-4-5-6-7-8-9-10-11-12-13(2)14(22)23-16(20,21)15(17,18)19/h12H,3-11H2,1-2H3. The molecule has 0 unspecified atom stereocenters. The predicted molar refractivity (Wildman–Crippen MR) is 78.1 cm³/mol. The van der Waals surface area contributed by atoms with Crippen LogP contribution in [0.15, 0.2) is 11.6 Å². The van der Waals surface area contributed by atoms with Crippen molar-refractivity contribution in [2.24, 2.45) is 0 Å². The third-order valence-electron chi connectivity index (χ3n) is 3.38. The lowest BCUT2D eigenvalue weighted by Crippen LogP contribution is -2.41. The molecule has 0 bridgehead atoms. The predicted octanol–water partition coefficient (Wildman–Crippen LogP) is 6.16. The number of alkyl halides is 5. The van der Waals surface area contributed by atoms with Crippen LogP contribution in [0.3, 0.4) is 0 Å². The largest absolute Gasteiger partial charge is 0.501 e.